The van der Waals surface area contributed by atoms with Crippen molar-refractivity contribution in [1.82, 2.24) is 0 Å². The highest BCUT2D eigenvalue weighted by Crippen LogP contribution is 2.48. The fraction of sp³-hybridized carbons (Fsp3) is 0.294. The van der Waals surface area contributed by atoms with Crippen molar-refractivity contribution in [3.8, 4) is 0 Å². The summed E-state index contributed by atoms with van der Waals surface area (Å²) < 4.78 is 0. The van der Waals surface area contributed by atoms with E-state index in [2.05, 4.69) is 41.1 Å². The Morgan fingerprint density at radius 3 is 3.05 bits per heavy atom. The molecule has 1 aromatic carbocycles. The van der Waals surface area contributed by atoms with Gasteiger partial charge in [0.05, 0.1) is 6.04 Å². The van der Waals surface area contributed by atoms with Crippen LogP contribution in [0.1, 0.15) is 35.9 Å². The lowest BCUT2D eigenvalue weighted by molar-refractivity contribution is 0.487. The zero-order chi connectivity index (χ0) is 12.8. The third-order valence-electron chi connectivity index (χ3n) is 4.42. The molecule has 1 aliphatic heterocycles. The van der Waals surface area contributed by atoms with E-state index >= 15 is 0 Å². The predicted molar refractivity (Wildman–Crippen MR) is 77.0 cm³/mol. The largest absolute Gasteiger partial charge is 0.377 e. The first-order valence-corrected chi connectivity index (χ1v) is 6.88. The Morgan fingerprint density at radius 2 is 2.21 bits per heavy atom. The van der Waals surface area contributed by atoms with Crippen molar-refractivity contribution < 1.29 is 0 Å². The van der Waals surface area contributed by atoms with Gasteiger partial charge in [-0.15, -0.1) is 0 Å². The Labute approximate surface area is 113 Å². The molecule has 2 heteroatoms. The number of allylic oxidation sites excluding steroid dienone is 2. The van der Waals surface area contributed by atoms with Crippen molar-refractivity contribution in [3.05, 3.63) is 64.6 Å². The number of anilines is 1. The summed E-state index contributed by atoms with van der Waals surface area (Å²) in [7, 11) is 0. The van der Waals surface area contributed by atoms with Crippen LogP contribution in [0, 0.1) is 0 Å². The Kier molecular flexibility index (Phi) is 2.30. The topological polar surface area (TPSA) is 38.0 Å². The molecule has 3 N–H and O–H groups in total. The minimum atomic E-state index is 0.193. The second kappa shape index (κ2) is 4.01. The van der Waals surface area contributed by atoms with E-state index in [1.807, 2.05) is 12.2 Å². The van der Waals surface area contributed by atoms with Gasteiger partial charge in [0.25, 0.3) is 0 Å². The lowest BCUT2D eigenvalue weighted by Crippen LogP contribution is -2.27. The zero-order valence-corrected chi connectivity index (χ0v) is 10.7. The Morgan fingerprint density at radius 1 is 1.26 bits per heavy atom. The second-order valence-corrected chi connectivity index (χ2v) is 5.47. The van der Waals surface area contributed by atoms with Gasteiger partial charge in [0.2, 0.25) is 0 Å². The molecule has 2 aliphatic carbocycles. The number of hydrogen-bond donors (Lipinski definition) is 2. The Hall–Kier alpha value is -1.98. The van der Waals surface area contributed by atoms with Crippen LogP contribution < -0.4 is 11.1 Å². The van der Waals surface area contributed by atoms with Gasteiger partial charge in [0, 0.05) is 23.2 Å². The molecule has 19 heavy (non-hydrogen) atoms. The van der Waals surface area contributed by atoms with Crippen LogP contribution in [0.15, 0.2) is 53.5 Å². The average Bonchev–Trinajstić information content (AvgIpc) is 2.84. The van der Waals surface area contributed by atoms with E-state index in [-0.39, 0.29) is 6.04 Å². The maximum absolute atomic E-state index is 6.25. The molecule has 0 amide bonds. The van der Waals surface area contributed by atoms with Gasteiger partial charge < -0.3 is 11.1 Å². The van der Waals surface area contributed by atoms with Gasteiger partial charge in [-0.2, -0.15) is 0 Å². The number of nitrogens with one attached hydrogen (secondary N) is 1. The number of benzene rings is 1. The molecule has 0 bridgehead atoms. The minimum Gasteiger partial charge on any atom is -0.377 e. The monoisotopic (exact) mass is 248 g/mol. The van der Waals surface area contributed by atoms with Crippen molar-refractivity contribution in [3.63, 3.8) is 0 Å². The Balaban J connectivity index is 1.84. The summed E-state index contributed by atoms with van der Waals surface area (Å²) >= 11 is 0. The second-order valence-electron chi connectivity index (χ2n) is 5.47. The van der Waals surface area contributed by atoms with Gasteiger partial charge in [-0.05, 0) is 42.2 Å². The smallest absolute Gasteiger partial charge is 0.0662 e. The molecule has 4 rings (SSSR count). The van der Waals surface area contributed by atoms with E-state index in [1.54, 1.807) is 0 Å². The predicted octanol–water partition coefficient (Wildman–Crippen LogP) is 3.16. The molecule has 0 fully saturated rings. The van der Waals surface area contributed by atoms with Crippen molar-refractivity contribution in [1.29, 1.82) is 0 Å². The fourth-order valence-electron chi connectivity index (χ4n) is 3.55. The van der Waals surface area contributed by atoms with Crippen LogP contribution in [0.2, 0.25) is 0 Å². The highest BCUT2D eigenvalue weighted by Gasteiger charge is 2.39. The molecule has 1 aromatic rings. The van der Waals surface area contributed by atoms with Crippen LogP contribution in [0.3, 0.4) is 0 Å². The highest BCUT2D eigenvalue weighted by atomic mass is 15.0. The molecule has 0 aromatic heterocycles. The van der Waals surface area contributed by atoms with Crippen LogP contribution in [0.5, 0.6) is 0 Å². The van der Waals surface area contributed by atoms with E-state index in [4.69, 9.17) is 5.73 Å². The van der Waals surface area contributed by atoms with E-state index in [0.717, 1.165) is 12.8 Å². The normalized spacial score (nSPS) is 29.9. The first-order valence-electron chi connectivity index (χ1n) is 6.88. The summed E-state index contributed by atoms with van der Waals surface area (Å²) in [5, 5.41) is 3.65. The van der Waals surface area contributed by atoms with E-state index < -0.39 is 0 Å². The molecular weight excluding hydrogens is 232 g/mol. The zero-order valence-electron chi connectivity index (χ0n) is 10.7. The van der Waals surface area contributed by atoms with Crippen molar-refractivity contribution in [2.75, 3.05) is 5.32 Å². The molecule has 2 nitrogen and oxygen atoms in total. The van der Waals surface area contributed by atoms with Crippen LogP contribution >= 0.6 is 0 Å². The molecule has 0 spiro atoms. The minimum absolute atomic E-state index is 0.193. The van der Waals surface area contributed by atoms with Crippen LogP contribution in [-0.2, 0) is 0 Å². The SMILES string of the molecule is NC1CCC2c3c(cccc31)NC2C1=C=C=CC=C1. The van der Waals surface area contributed by atoms with Crippen molar-refractivity contribution in [2.24, 2.45) is 5.73 Å². The standard InChI is InChI=1S/C17H16N2/c18-14-10-9-13-16-12(14)7-4-8-15(16)19-17(13)11-5-2-1-3-6-11/h1-2,4-5,7-8,13-14,17,19H,9-10,18H2. The molecule has 3 aliphatic rings. The van der Waals surface area contributed by atoms with Crippen LogP contribution in [0.4, 0.5) is 5.69 Å². The average molecular weight is 248 g/mol. The third-order valence-corrected chi connectivity index (χ3v) is 4.42. The molecule has 3 atom stereocenters. The van der Waals surface area contributed by atoms with E-state index in [9.17, 15) is 0 Å². The molecule has 94 valence electrons. The Bertz CT molecular complexity index is 671. The van der Waals surface area contributed by atoms with Gasteiger partial charge in [-0.1, -0.05) is 29.7 Å². The third kappa shape index (κ3) is 1.55. The van der Waals surface area contributed by atoms with Crippen LogP contribution in [0.25, 0.3) is 0 Å². The van der Waals surface area contributed by atoms with Gasteiger partial charge in [-0.25, -0.2) is 0 Å². The van der Waals surface area contributed by atoms with E-state index in [1.165, 1.54) is 22.4 Å². The summed E-state index contributed by atoms with van der Waals surface area (Å²) in [6.45, 7) is 0. The van der Waals surface area contributed by atoms with Gasteiger partial charge in [0.1, 0.15) is 0 Å². The van der Waals surface area contributed by atoms with Gasteiger partial charge >= 0.3 is 0 Å². The lowest BCUT2D eigenvalue weighted by Gasteiger charge is -2.29. The molecule has 3 unspecified atom stereocenters. The van der Waals surface area contributed by atoms with Crippen molar-refractivity contribution >= 4 is 5.69 Å². The molecule has 0 radical (unpaired) electrons. The van der Waals surface area contributed by atoms with Gasteiger partial charge in [0.15, 0.2) is 0 Å². The fourth-order valence-corrected chi connectivity index (χ4v) is 3.55. The summed E-state index contributed by atoms with van der Waals surface area (Å²) in [5.41, 5.74) is 17.8. The quantitative estimate of drug-likeness (QED) is 0.749. The van der Waals surface area contributed by atoms with E-state index in [0.29, 0.717) is 12.0 Å². The molecular formula is C17H16N2. The maximum atomic E-state index is 6.25. The number of hydrogen-bond acceptors (Lipinski definition) is 2. The van der Waals surface area contributed by atoms with Crippen molar-refractivity contribution in [2.45, 2.75) is 30.8 Å². The lowest BCUT2D eigenvalue weighted by atomic mass is 9.77. The number of nitrogens with two attached hydrogens (primary N) is 1. The summed E-state index contributed by atoms with van der Waals surface area (Å²) in [6, 6.07) is 6.96. The number of rotatable bonds is 1. The highest BCUT2D eigenvalue weighted by molar-refractivity contribution is 5.66. The summed E-state index contributed by atoms with van der Waals surface area (Å²) in [5.74, 6) is 0.526. The molecule has 0 saturated carbocycles. The molecule has 0 saturated heterocycles. The maximum Gasteiger partial charge on any atom is 0.0662 e. The first-order chi connectivity index (χ1) is 9.34. The summed E-state index contributed by atoms with van der Waals surface area (Å²) in [6.07, 6.45) is 8.27. The van der Waals surface area contributed by atoms with Crippen LogP contribution in [-0.4, -0.2) is 6.04 Å². The first kappa shape index (κ1) is 10.9. The molecule has 1 heterocycles. The summed E-state index contributed by atoms with van der Waals surface area (Å²) in [4.78, 5) is 0. The van der Waals surface area contributed by atoms with Gasteiger partial charge in [-0.3, -0.25) is 0 Å².